The van der Waals surface area contributed by atoms with Crippen molar-refractivity contribution < 1.29 is 0 Å². The zero-order valence-electron chi connectivity index (χ0n) is 10.7. The van der Waals surface area contributed by atoms with Crippen LogP contribution in [0.3, 0.4) is 0 Å². The Bertz CT molecular complexity index is 480. The Balaban J connectivity index is 1.97. The molecule has 1 aromatic carbocycles. The molecule has 0 aliphatic carbocycles. The molecule has 0 aliphatic heterocycles. The fourth-order valence-corrected chi connectivity index (χ4v) is 1.99. The Kier molecular flexibility index (Phi) is 3.59. The van der Waals surface area contributed by atoms with E-state index >= 15 is 0 Å². The minimum Gasteiger partial charge on any atom is -0.337 e. The molecule has 1 heterocycles. The second kappa shape index (κ2) is 5.15. The average Bonchev–Trinajstić information content (AvgIpc) is 2.69. The van der Waals surface area contributed by atoms with Gasteiger partial charge in [-0.25, -0.2) is 4.98 Å². The second-order valence-electron chi connectivity index (χ2n) is 4.43. The van der Waals surface area contributed by atoms with Crippen molar-refractivity contribution in [2.45, 2.75) is 26.9 Å². The maximum absolute atomic E-state index is 4.29. The predicted molar refractivity (Wildman–Crippen MR) is 69.7 cm³/mol. The molecule has 0 saturated carbocycles. The summed E-state index contributed by atoms with van der Waals surface area (Å²) in [6.45, 7) is 6.01. The summed E-state index contributed by atoms with van der Waals surface area (Å²) in [5, 5.41) is 3.44. The Labute approximate surface area is 103 Å². The molecular formula is C14H19N3. The number of aromatic nitrogens is 2. The number of imidazole rings is 1. The van der Waals surface area contributed by atoms with Crippen LogP contribution in [0.2, 0.25) is 0 Å². The molecule has 2 rings (SSSR count). The van der Waals surface area contributed by atoms with E-state index in [0.717, 1.165) is 18.9 Å². The lowest BCUT2D eigenvalue weighted by Gasteiger charge is -2.10. The van der Waals surface area contributed by atoms with Gasteiger partial charge >= 0.3 is 0 Å². The van der Waals surface area contributed by atoms with Crippen molar-refractivity contribution in [1.82, 2.24) is 14.9 Å². The van der Waals surface area contributed by atoms with Crippen LogP contribution < -0.4 is 5.32 Å². The molecule has 3 nitrogen and oxygen atoms in total. The molecule has 0 atom stereocenters. The lowest BCUT2D eigenvalue weighted by molar-refractivity contribution is 0.635. The van der Waals surface area contributed by atoms with Crippen LogP contribution in [0.4, 0.5) is 0 Å². The van der Waals surface area contributed by atoms with Gasteiger partial charge in [0, 0.05) is 26.0 Å². The minimum atomic E-state index is 0.803. The van der Waals surface area contributed by atoms with Crippen molar-refractivity contribution in [2.24, 2.45) is 7.05 Å². The summed E-state index contributed by atoms with van der Waals surface area (Å²) in [6, 6.07) is 6.42. The Hall–Kier alpha value is -1.61. The lowest BCUT2D eigenvalue weighted by Crippen LogP contribution is -2.17. The molecule has 90 valence electrons. The number of hydrogen-bond acceptors (Lipinski definition) is 2. The first-order chi connectivity index (χ1) is 8.18. The van der Waals surface area contributed by atoms with Gasteiger partial charge in [0.1, 0.15) is 5.82 Å². The molecule has 0 amide bonds. The van der Waals surface area contributed by atoms with Crippen molar-refractivity contribution in [1.29, 1.82) is 0 Å². The summed E-state index contributed by atoms with van der Waals surface area (Å²) >= 11 is 0. The van der Waals surface area contributed by atoms with Crippen LogP contribution in [0.5, 0.6) is 0 Å². The summed E-state index contributed by atoms with van der Waals surface area (Å²) in [5.74, 6) is 1.07. The molecule has 0 aliphatic rings. The second-order valence-corrected chi connectivity index (χ2v) is 4.43. The molecule has 1 aromatic heterocycles. The van der Waals surface area contributed by atoms with Gasteiger partial charge in [-0.3, -0.25) is 0 Å². The van der Waals surface area contributed by atoms with E-state index in [9.17, 15) is 0 Å². The van der Waals surface area contributed by atoms with Gasteiger partial charge in [-0.05, 0) is 30.5 Å². The first kappa shape index (κ1) is 11.9. The molecule has 3 heteroatoms. The van der Waals surface area contributed by atoms with Crippen molar-refractivity contribution in [2.75, 3.05) is 0 Å². The van der Waals surface area contributed by atoms with E-state index in [-0.39, 0.29) is 0 Å². The van der Waals surface area contributed by atoms with Gasteiger partial charge in [0.25, 0.3) is 0 Å². The van der Waals surface area contributed by atoms with Crippen LogP contribution >= 0.6 is 0 Å². The molecule has 0 bridgehead atoms. The molecule has 0 radical (unpaired) electrons. The Morgan fingerprint density at radius 1 is 1.18 bits per heavy atom. The topological polar surface area (TPSA) is 29.9 Å². The average molecular weight is 229 g/mol. The van der Waals surface area contributed by atoms with Crippen molar-refractivity contribution in [3.63, 3.8) is 0 Å². The molecule has 0 unspecified atom stereocenters. The van der Waals surface area contributed by atoms with E-state index in [2.05, 4.69) is 42.3 Å². The third-order valence-corrected chi connectivity index (χ3v) is 3.15. The minimum absolute atomic E-state index is 0.803. The van der Waals surface area contributed by atoms with Crippen LogP contribution in [0, 0.1) is 13.8 Å². The van der Waals surface area contributed by atoms with Gasteiger partial charge in [-0.1, -0.05) is 18.2 Å². The standard InChI is InChI=1S/C14H19N3/c1-11-5-4-6-12(2)13(11)9-15-10-14-16-7-8-17(14)3/h4-8,15H,9-10H2,1-3H3. The zero-order chi connectivity index (χ0) is 12.3. The van der Waals surface area contributed by atoms with Gasteiger partial charge in [-0.15, -0.1) is 0 Å². The number of rotatable bonds is 4. The smallest absolute Gasteiger partial charge is 0.122 e. The van der Waals surface area contributed by atoms with Crippen LogP contribution in [0.1, 0.15) is 22.5 Å². The van der Waals surface area contributed by atoms with Gasteiger partial charge in [0.05, 0.1) is 6.54 Å². The number of aryl methyl sites for hydroxylation is 3. The predicted octanol–water partition coefficient (Wildman–Crippen LogP) is 2.33. The van der Waals surface area contributed by atoms with Gasteiger partial charge in [-0.2, -0.15) is 0 Å². The number of nitrogens with zero attached hydrogens (tertiary/aromatic N) is 2. The first-order valence-corrected chi connectivity index (χ1v) is 5.90. The summed E-state index contributed by atoms with van der Waals surface area (Å²) in [7, 11) is 2.02. The fraction of sp³-hybridized carbons (Fsp3) is 0.357. The quantitative estimate of drug-likeness (QED) is 0.872. The molecule has 0 saturated heterocycles. The molecule has 2 aromatic rings. The highest BCUT2D eigenvalue weighted by Gasteiger charge is 2.03. The zero-order valence-corrected chi connectivity index (χ0v) is 10.7. The SMILES string of the molecule is Cc1cccc(C)c1CNCc1nccn1C. The van der Waals surface area contributed by atoms with Crippen molar-refractivity contribution >= 4 is 0 Å². The van der Waals surface area contributed by atoms with E-state index in [0.29, 0.717) is 0 Å². The Morgan fingerprint density at radius 3 is 2.47 bits per heavy atom. The molecular weight excluding hydrogens is 210 g/mol. The van der Waals surface area contributed by atoms with Gasteiger partial charge in [0.2, 0.25) is 0 Å². The maximum atomic E-state index is 4.29. The van der Waals surface area contributed by atoms with E-state index in [1.54, 1.807) is 0 Å². The summed E-state index contributed by atoms with van der Waals surface area (Å²) in [5.41, 5.74) is 4.08. The first-order valence-electron chi connectivity index (χ1n) is 5.90. The van der Waals surface area contributed by atoms with Gasteiger partial charge in [0.15, 0.2) is 0 Å². The highest BCUT2D eigenvalue weighted by molar-refractivity contribution is 5.33. The molecule has 0 spiro atoms. The fourth-order valence-electron chi connectivity index (χ4n) is 1.99. The van der Waals surface area contributed by atoms with E-state index in [1.165, 1.54) is 16.7 Å². The summed E-state index contributed by atoms with van der Waals surface area (Å²) < 4.78 is 2.04. The number of nitrogens with one attached hydrogen (secondary N) is 1. The third kappa shape index (κ3) is 2.74. The normalized spacial score (nSPS) is 10.8. The van der Waals surface area contributed by atoms with E-state index in [1.807, 2.05) is 24.0 Å². The molecule has 1 N–H and O–H groups in total. The largest absolute Gasteiger partial charge is 0.337 e. The Morgan fingerprint density at radius 2 is 1.88 bits per heavy atom. The van der Waals surface area contributed by atoms with Gasteiger partial charge < -0.3 is 9.88 Å². The number of hydrogen-bond donors (Lipinski definition) is 1. The molecule has 0 fully saturated rings. The monoisotopic (exact) mass is 229 g/mol. The van der Waals surface area contributed by atoms with Crippen LogP contribution in [-0.2, 0) is 20.1 Å². The third-order valence-electron chi connectivity index (χ3n) is 3.15. The maximum Gasteiger partial charge on any atom is 0.122 e. The summed E-state index contributed by atoms with van der Waals surface area (Å²) in [4.78, 5) is 4.29. The highest BCUT2D eigenvalue weighted by Crippen LogP contribution is 2.12. The van der Waals surface area contributed by atoms with E-state index < -0.39 is 0 Å². The van der Waals surface area contributed by atoms with Crippen molar-refractivity contribution in [3.8, 4) is 0 Å². The van der Waals surface area contributed by atoms with Crippen LogP contribution in [0.25, 0.3) is 0 Å². The lowest BCUT2D eigenvalue weighted by atomic mass is 10.0. The molecule has 17 heavy (non-hydrogen) atoms. The number of benzene rings is 1. The van der Waals surface area contributed by atoms with Crippen molar-refractivity contribution in [3.05, 3.63) is 53.1 Å². The van der Waals surface area contributed by atoms with Crippen LogP contribution in [-0.4, -0.2) is 9.55 Å². The highest BCUT2D eigenvalue weighted by atomic mass is 15.1. The van der Waals surface area contributed by atoms with Crippen LogP contribution in [0.15, 0.2) is 30.6 Å². The summed E-state index contributed by atoms with van der Waals surface area (Å²) in [6.07, 6.45) is 3.80. The van der Waals surface area contributed by atoms with E-state index in [4.69, 9.17) is 0 Å².